The summed E-state index contributed by atoms with van der Waals surface area (Å²) in [6, 6.07) is 7.89. The first-order valence-electron chi connectivity index (χ1n) is 8.36. The highest BCUT2D eigenvalue weighted by molar-refractivity contribution is 7.19. The number of aromatic nitrogens is 1. The number of anilines is 1. The van der Waals surface area contributed by atoms with Crippen molar-refractivity contribution in [1.82, 2.24) is 10.3 Å². The van der Waals surface area contributed by atoms with Crippen LogP contribution in [0.25, 0.3) is 10.4 Å². The third-order valence-electron chi connectivity index (χ3n) is 4.44. The van der Waals surface area contributed by atoms with Gasteiger partial charge in [-0.1, -0.05) is 42.0 Å². The van der Waals surface area contributed by atoms with Crippen LogP contribution in [0.15, 0.2) is 30.5 Å². The Balaban J connectivity index is 1.53. The van der Waals surface area contributed by atoms with Crippen molar-refractivity contribution in [3.8, 4) is 10.4 Å². The zero-order chi connectivity index (χ0) is 16.9. The van der Waals surface area contributed by atoms with E-state index in [1.54, 1.807) is 6.20 Å². The number of hydrogen-bond donors (Lipinski definition) is 3. The Morgan fingerprint density at radius 2 is 2.21 bits per heavy atom. The third-order valence-corrected chi connectivity index (χ3v) is 5.39. The van der Waals surface area contributed by atoms with Gasteiger partial charge in [0.1, 0.15) is 0 Å². The monoisotopic (exact) mass is 345 g/mol. The van der Waals surface area contributed by atoms with E-state index in [0.29, 0.717) is 17.6 Å². The van der Waals surface area contributed by atoms with Crippen molar-refractivity contribution in [1.29, 1.82) is 0 Å². The molecule has 5 nitrogen and oxygen atoms in total. The highest BCUT2D eigenvalue weighted by Crippen LogP contribution is 2.31. The molecule has 24 heavy (non-hydrogen) atoms. The Morgan fingerprint density at radius 3 is 3.00 bits per heavy atom. The van der Waals surface area contributed by atoms with Crippen LogP contribution in [0.5, 0.6) is 0 Å². The van der Waals surface area contributed by atoms with Gasteiger partial charge in [-0.2, -0.15) is 0 Å². The molecule has 128 valence electrons. The van der Waals surface area contributed by atoms with Crippen molar-refractivity contribution in [2.75, 3.05) is 11.9 Å². The maximum atomic E-state index is 12.0. The largest absolute Gasteiger partial charge is 0.393 e. The predicted octanol–water partition coefficient (Wildman–Crippen LogP) is 3.79. The van der Waals surface area contributed by atoms with Gasteiger partial charge in [0.25, 0.3) is 0 Å². The van der Waals surface area contributed by atoms with Crippen molar-refractivity contribution in [2.45, 2.75) is 38.7 Å². The van der Waals surface area contributed by atoms with Crippen LogP contribution < -0.4 is 10.6 Å². The number of aryl methyl sites for hydroxylation is 1. The quantitative estimate of drug-likeness (QED) is 0.789. The van der Waals surface area contributed by atoms with Crippen molar-refractivity contribution in [3.05, 3.63) is 36.0 Å². The molecule has 0 radical (unpaired) electrons. The number of amides is 2. The molecule has 2 aromatic rings. The highest BCUT2D eigenvalue weighted by atomic mass is 32.1. The van der Waals surface area contributed by atoms with Gasteiger partial charge < -0.3 is 10.4 Å². The number of carbonyl (C=O) groups excluding carboxylic acids is 1. The number of aliphatic hydroxyl groups is 1. The van der Waals surface area contributed by atoms with Gasteiger partial charge in [-0.05, 0) is 43.2 Å². The van der Waals surface area contributed by atoms with Gasteiger partial charge in [-0.15, -0.1) is 0 Å². The molecule has 2 amide bonds. The lowest BCUT2D eigenvalue weighted by Gasteiger charge is -2.25. The van der Waals surface area contributed by atoms with Crippen LogP contribution >= 0.6 is 11.3 Å². The first-order valence-corrected chi connectivity index (χ1v) is 9.18. The smallest absolute Gasteiger partial charge is 0.321 e. The second-order valence-electron chi connectivity index (χ2n) is 6.37. The molecule has 0 bridgehead atoms. The molecule has 2 unspecified atom stereocenters. The minimum Gasteiger partial charge on any atom is -0.393 e. The van der Waals surface area contributed by atoms with Crippen LogP contribution in [-0.4, -0.2) is 28.8 Å². The Morgan fingerprint density at radius 1 is 1.38 bits per heavy atom. The average molecular weight is 345 g/mol. The molecule has 3 N–H and O–H groups in total. The average Bonchev–Trinajstić information content (AvgIpc) is 3.02. The van der Waals surface area contributed by atoms with E-state index in [-0.39, 0.29) is 12.1 Å². The van der Waals surface area contributed by atoms with Gasteiger partial charge in [0, 0.05) is 12.7 Å². The molecule has 1 saturated carbocycles. The SMILES string of the molecule is Cc1ccccc1-c1cnc(NC(=O)NCC2CCCC(O)C2)s1. The summed E-state index contributed by atoms with van der Waals surface area (Å²) in [5.74, 6) is 0.360. The topological polar surface area (TPSA) is 74.2 Å². The molecule has 1 aliphatic carbocycles. The van der Waals surface area contributed by atoms with Crippen LogP contribution in [0.4, 0.5) is 9.93 Å². The molecule has 3 rings (SSSR count). The number of benzene rings is 1. The summed E-state index contributed by atoms with van der Waals surface area (Å²) in [7, 11) is 0. The molecule has 0 aliphatic heterocycles. The van der Waals surface area contributed by atoms with E-state index >= 15 is 0 Å². The second-order valence-corrected chi connectivity index (χ2v) is 7.40. The number of nitrogens with zero attached hydrogens (tertiary/aromatic N) is 1. The lowest BCUT2D eigenvalue weighted by molar-refractivity contribution is 0.101. The molecule has 1 aromatic heterocycles. The lowest BCUT2D eigenvalue weighted by atomic mass is 9.87. The first-order chi connectivity index (χ1) is 11.6. The number of aliphatic hydroxyl groups excluding tert-OH is 1. The summed E-state index contributed by atoms with van der Waals surface area (Å²) in [5, 5.41) is 16.0. The van der Waals surface area contributed by atoms with Gasteiger partial charge in [-0.25, -0.2) is 9.78 Å². The van der Waals surface area contributed by atoms with Gasteiger partial charge in [0.05, 0.1) is 11.0 Å². The Bertz CT molecular complexity index is 701. The molecule has 1 aliphatic rings. The fourth-order valence-corrected chi connectivity index (χ4v) is 4.03. The second kappa shape index (κ2) is 7.77. The maximum absolute atomic E-state index is 12.0. The molecular formula is C18H23N3O2S. The molecule has 0 saturated heterocycles. The summed E-state index contributed by atoms with van der Waals surface area (Å²) in [4.78, 5) is 17.4. The molecule has 1 aromatic carbocycles. The van der Waals surface area contributed by atoms with E-state index in [4.69, 9.17) is 0 Å². The lowest BCUT2D eigenvalue weighted by Crippen LogP contribution is -2.35. The summed E-state index contributed by atoms with van der Waals surface area (Å²) in [6.07, 6.45) is 5.32. The summed E-state index contributed by atoms with van der Waals surface area (Å²) in [6.45, 7) is 2.66. The first kappa shape index (κ1) is 16.9. The van der Waals surface area contributed by atoms with Crippen molar-refractivity contribution in [3.63, 3.8) is 0 Å². The van der Waals surface area contributed by atoms with Crippen molar-refractivity contribution < 1.29 is 9.90 Å². The number of urea groups is 1. The van der Waals surface area contributed by atoms with Crippen LogP contribution in [0.1, 0.15) is 31.2 Å². The fourth-order valence-electron chi connectivity index (χ4n) is 3.13. The standard InChI is InChI=1S/C18H23N3O2S/c1-12-5-2-3-8-15(12)16-11-20-18(24-16)21-17(23)19-10-13-6-4-7-14(22)9-13/h2-3,5,8,11,13-14,22H,4,6-7,9-10H2,1H3,(H2,19,20,21,23). The van der Waals surface area contributed by atoms with E-state index in [9.17, 15) is 9.90 Å². The summed E-state index contributed by atoms with van der Waals surface area (Å²) < 4.78 is 0. The fraction of sp³-hybridized carbons (Fsp3) is 0.444. The maximum Gasteiger partial charge on any atom is 0.321 e. The number of carbonyl (C=O) groups is 1. The normalized spacial score (nSPS) is 20.6. The summed E-state index contributed by atoms with van der Waals surface area (Å²) in [5.41, 5.74) is 2.33. The number of hydrogen-bond acceptors (Lipinski definition) is 4. The van der Waals surface area contributed by atoms with Gasteiger partial charge in [0.2, 0.25) is 0 Å². The van der Waals surface area contributed by atoms with Crippen LogP contribution in [0.2, 0.25) is 0 Å². The summed E-state index contributed by atoms with van der Waals surface area (Å²) >= 11 is 1.47. The molecule has 1 fully saturated rings. The number of rotatable bonds is 4. The number of thiazole rings is 1. The van der Waals surface area contributed by atoms with E-state index in [1.165, 1.54) is 16.9 Å². The van der Waals surface area contributed by atoms with E-state index in [0.717, 1.165) is 36.1 Å². The third kappa shape index (κ3) is 4.33. The van der Waals surface area contributed by atoms with Crippen LogP contribution in [0.3, 0.4) is 0 Å². The van der Waals surface area contributed by atoms with Crippen molar-refractivity contribution >= 4 is 22.5 Å². The van der Waals surface area contributed by atoms with Gasteiger partial charge in [0.15, 0.2) is 5.13 Å². The van der Waals surface area contributed by atoms with E-state index in [2.05, 4.69) is 34.7 Å². The van der Waals surface area contributed by atoms with E-state index in [1.807, 2.05) is 12.1 Å². The van der Waals surface area contributed by atoms with Gasteiger partial charge >= 0.3 is 6.03 Å². The Labute approximate surface area is 146 Å². The molecular weight excluding hydrogens is 322 g/mol. The Kier molecular flexibility index (Phi) is 5.48. The minimum atomic E-state index is -0.235. The molecule has 1 heterocycles. The zero-order valence-corrected chi connectivity index (χ0v) is 14.6. The Hall–Kier alpha value is -1.92. The zero-order valence-electron chi connectivity index (χ0n) is 13.8. The highest BCUT2D eigenvalue weighted by Gasteiger charge is 2.20. The predicted molar refractivity (Wildman–Crippen MR) is 97.3 cm³/mol. The molecule has 0 spiro atoms. The van der Waals surface area contributed by atoms with Crippen LogP contribution in [-0.2, 0) is 0 Å². The molecule has 2 atom stereocenters. The van der Waals surface area contributed by atoms with E-state index < -0.39 is 0 Å². The number of nitrogens with one attached hydrogen (secondary N) is 2. The minimum absolute atomic E-state index is 0.218. The van der Waals surface area contributed by atoms with Crippen molar-refractivity contribution in [2.24, 2.45) is 5.92 Å². The van der Waals surface area contributed by atoms with Gasteiger partial charge in [-0.3, -0.25) is 5.32 Å². The molecule has 6 heteroatoms. The van der Waals surface area contributed by atoms with Crippen LogP contribution in [0, 0.1) is 12.8 Å².